The van der Waals surface area contributed by atoms with Crippen molar-refractivity contribution in [3.05, 3.63) is 36.1 Å². The van der Waals surface area contributed by atoms with E-state index in [4.69, 9.17) is 46.0 Å². The number of hydrogen-bond donors (Lipinski definition) is 4. The van der Waals surface area contributed by atoms with E-state index in [2.05, 4.69) is 11.9 Å². The van der Waals surface area contributed by atoms with Crippen LogP contribution in [0.4, 0.5) is 11.5 Å². The van der Waals surface area contributed by atoms with Gasteiger partial charge in [-0.1, -0.05) is 27.7 Å². The van der Waals surface area contributed by atoms with Crippen molar-refractivity contribution in [2.45, 2.75) is 136 Å². The van der Waals surface area contributed by atoms with Gasteiger partial charge in [-0.05, 0) is 100 Å². The molecule has 0 amide bonds. The predicted octanol–water partition coefficient (Wildman–Crippen LogP) is 5.90. The molecule has 3 saturated carbocycles. The molecule has 46 heavy (non-hydrogen) atoms. The van der Waals surface area contributed by atoms with Gasteiger partial charge in [0, 0.05) is 38.0 Å². The molecule has 3 fully saturated rings. The number of fused-ring (bicyclic) bond motifs is 4. The molecule has 3 aliphatic carbocycles. The molecule has 3 aromatic heterocycles. The van der Waals surface area contributed by atoms with Gasteiger partial charge in [-0.25, -0.2) is 4.98 Å². The zero-order chi connectivity index (χ0) is 33.8. The molecular formula is C32H50N8O4S2. The van der Waals surface area contributed by atoms with Gasteiger partial charge < -0.3 is 30.7 Å². The summed E-state index contributed by atoms with van der Waals surface area (Å²) in [4.78, 5) is 44.5. The molecular weight excluding hydrogens is 625 g/mol. The van der Waals surface area contributed by atoms with Crippen LogP contribution in [-0.4, -0.2) is 39.3 Å². The second-order valence-electron chi connectivity index (χ2n) is 13.0. The van der Waals surface area contributed by atoms with Crippen molar-refractivity contribution in [2.24, 2.45) is 5.41 Å². The number of hydrogen-bond acceptors (Lipinski definition) is 8. The quantitative estimate of drug-likeness (QED) is 0.171. The highest BCUT2D eigenvalue weighted by molar-refractivity contribution is 7.71. The van der Waals surface area contributed by atoms with E-state index in [1.807, 2.05) is 25.3 Å². The first kappa shape index (κ1) is 35.6. The van der Waals surface area contributed by atoms with Crippen molar-refractivity contribution < 1.29 is 9.90 Å². The number of carboxylic acids is 1. The standard InChI is InChI=1S/C22H32N4O3S.C10H18N4OS/c1-3-13-25-17-16(18(29)26(14-4-2)20(25)30)23-19(24-17)22-10-7-21(8-11-22,9-12-22)6-5-15(27)28;1-3-5-13-8(12)7(11)9(15)14(6-4-2)10(13)16/h3-14H2,1-2H3,(H,23,24)(H,27,28);3-6,11-12H2,1-2H3. The van der Waals surface area contributed by atoms with E-state index in [1.54, 1.807) is 9.13 Å². The average molecular weight is 675 g/mol. The molecule has 12 nitrogen and oxygen atoms in total. The third kappa shape index (κ3) is 6.73. The smallest absolute Gasteiger partial charge is 0.303 e. The van der Waals surface area contributed by atoms with Gasteiger partial charge in [0.2, 0.25) is 0 Å². The summed E-state index contributed by atoms with van der Waals surface area (Å²) in [5.74, 6) is 0.506. The number of H-pyrrole nitrogens is 1. The number of aromatic nitrogens is 6. The molecule has 0 unspecified atom stereocenters. The van der Waals surface area contributed by atoms with Crippen molar-refractivity contribution in [2.75, 3.05) is 11.5 Å². The minimum absolute atomic E-state index is 0.0301. The van der Waals surface area contributed by atoms with Gasteiger partial charge in [0.1, 0.15) is 22.8 Å². The maximum atomic E-state index is 13.2. The number of carboxylic acid groups (broad SMARTS) is 1. The topological polar surface area (TPSA) is 172 Å². The molecule has 6 N–H and O–H groups in total. The number of aromatic amines is 1. The Morgan fingerprint density at radius 2 is 1.28 bits per heavy atom. The summed E-state index contributed by atoms with van der Waals surface area (Å²) in [7, 11) is 0. The van der Waals surface area contributed by atoms with E-state index >= 15 is 0 Å². The number of rotatable bonds is 12. The van der Waals surface area contributed by atoms with Crippen LogP contribution in [0, 0.1) is 15.0 Å². The Hall–Kier alpha value is -3.26. The molecule has 0 spiro atoms. The third-order valence-corrected chi connectivity index (χ3v) is 10.8. The van der Waals surface area contributed by atoms with Gasteiger partial charge in [0.05, 0.1) is 0 Å². The summed E-state index contributed by atoms with van der Waals surface area (Å²) in [5.41, 5.74) is 12.6. The Balaban J connectivity index is 0.000000254. The second-order valence-corrected chi connectivity index (χ2v) is 13.8. The van der Waals surface area contributed by atoms with Crippen LogP contribution in [-0.2, 0) is 36.4 Å². The summed E-state index contributed by atoms with van der Waals surface area (Å²) < 4.78 is 7.97. The average Bonchev–Trinajstić information content (AvgIpc) is 3.51. The normalized spacial score (nSPS) is 20.5. The largest absolute Gasteiger partial charge is 0.481 e. The zero-order valence-electron chi connectivity index (χ0n) is 27.7. The maximum absolute atomic E-state index is 13.2. The molecule has 0 atom stereocenters. The minimum Gasteiger partial charge on any atom is -0.481 e. The SMILES string of the molecule is CCCn1c(=O)c2[nH]c(C34CCC(CCC(=O)O)(CC3)CC4)nc2n(CCC)c1=S.CCCn1c(N)c(N)c(=O)n(CCC)c1=S. The summed E-state index contributed by atoms with van der Waals surface area (Å²) >= 11 is 10.9. The number of nitrogens with one attached hydrogen (secondary N) is 1. The van der Waals surface area contributed by atoms with Crippen LogP contribution >= 0.6 is 24.4 Å². The van der Waals surface area contributed by atoms with Crippen LogP contribution in [0.5, 0.6) is 0 Å². The fourth-order valence-electron chi connectivity index (χ4n) is 7.23. The van der Waals surface area contributed by atoms with Crippen LogP contribution in [0.1, 0.15) is 111 Å². The lowest BCUT2D eigenvalue weighted by Gasteiger charge is -2.52. The number of aliphatic carboxylic acids is 1. The Labute approximate surface area is 279 Å². The van der Waals surface area contributed by atoms with Gasteiger partial charge in [-0.2, -0.15) is 0 Å². The van der Waals surface area contributed by atoms with Crippen LogP contribution in [0.25, 0.3) is 11.2 Å². The third-order valence-electron chi connectivity index (χ3n) is 9.93. The highest BCUT2D eigenvalue weighted by atomic mass is 32.1. The summed E-state index contributed by atoms with van der Waals surface area (Å²) in [5, 5.41) is 9.10. The Morgan fingerprint density at radius 3 is 1.80 bits per heavy atom. The Morgan fingerprint density at radius 1 is 0.804 bits per heavy atom. The molecule has 0 radical (unpaired) electrons. The predicted molar refractivity (Wildman–Crippen MR) is 187 cm³/mol. The number of nitrogens with two attached hydrogens (primary N) is 2. The van der Waals surface area contributed by atoms with E-state index < -0.39 is 5.97 Å². The number of carbonyl (C=O) groups is 1. The maximum Gasteiger partial charge on any atom is 0.303 e. The number of nitrogen functional groups attached to an aromatic ring is 2. The Bertz CT molecular complexity index is 1790. The number of imidazole rings is 1. The van der Waals surface area contributed by atoms with Crippen molar-refractivity contribution in [1.82, 2.24) is 28.2 Å². The van der Waals surface area contributed by atoms with Crippen LogP contribution in [0.2, 0.25) is 0 Å². The van der Waals surface area contributed by atoms with Gasteiger partial charge in [0.25, 0.3) is 11.1 Å². The van der Waals surface area contributed by atoms with Gasteiger partial charge >= 0.3 is 5.97 Å². The van der Waals surface area contributed by atoms with E-state index in [0.717, 1.165) is 83.0 Å². The molecule has 0 saturated heterocycles. The van der Waals surface area contributed by atoms with Crippen LogP contribution in [0.15, 0.2) is 9.59 Å². The van der Waals surface area contributed by atoms with Crippen molar-refractivity contribution in [1.29, 1.82) is 0 Å². The number of aryl methyl sites for hydroxylation is 1. The molecule has 0 aliphatic heterocycles. The molecule has 3 aromatic rings. The first-order valence-electron chi connectivity index (χ1n) is 16.7. The fraction of sp³-hybridized carbons (Fsp3) is 0.688. The molecule has 3 heterocycles. The lowest BCUT2D eigenvalue weighted by molar-refractivity contribution is -0.138. The monoisotopic (exact) mass is 674 g/mol. The van der Waals surface area contributed by atoms with Crippen molar-refractivity contribution >= 4 is 53.1 Å². The first-order chi connectivity index (χ1) is 21.9. The number of nitrogens with zero attached hydrogens (tertiary/aromatic N) is 5. The van der Waals surface area contributed by atoms with Gasteiger partial charge in [-0.15, -0.1) is 0 Å². The molecule has 254 valence electrons. The van der Waals surface area contributed by atoms with Gasteiger partial charge in [-0.3, -0.25) is 23.5 Å². The molecule has 2 bridgehead atoms. The molecule has 6 rings (SSSR count). The molecule has 14 heteroatoms. The van der Waals surface area contributed by atoms with Crippen molar-refractivity contribution in [3.8, 4) is 0 Å². The highest BCUT2D eigenvalue weighted by Crippen LogP contribution is 2.59. The minimum atomic E-state index is -0.701. The second kappa shape index (κ2) is 14.7. The lowest BCUT2D eigenvalue weighted by atomic mass is 9.52. The van der Waals surface area contributed by atoms with Crippen molar-refractivity contribution in [3.63, 3.8) is 0 Å². The Kier molecular flexibility index (Phi) is 11.3. The summed E-state index contributed by atoms with van der Waals surface area (Å²) in [6.45, 7) is 10.8. The number of anilines is 2. The van der Waals surface area contributed by atoms with Crippen LogP contribution < -0.4 is 22.6 Å². The van der Waals surface area contributed by atoms with E-state index in [0.29, 0.717) is 40.3 Å². The van der Waals surface area contributed by atoms with E-state index in [1.165, 1.54) is 4.57 Å². The van der Waals surface area contributed by atoms with E-state index in [-0.39, 0.29) is 39.9 Å². The summed E-state index contributed by atoms with van der Waals surface area (Å²) in [6.07, 6.45) is 10.7. The fourth-order valence-corrected chi connectivity index (χ4v) is 7.94. The first-order valence-corrected chi connectivity index (χ1v) is 17.5. The van der Waals surface area contributed by atoms with Gasteiger partial charge in [0.15, 0.2) is 15.2 Å². The lowest BCUT2D eigenvalue weighted by Crippen LogP contribution is -2.45. The zero-order valence-corrected chi connectivity index (χ0v) is 29.3. The van der Waals surface area contributed by atoms with Crippen LogP contribution in [0.3, 0.4) is 0 Å². The molecule has 3 aliphatic rings. The van der Waals surface area contributed by atoms with E-state index in [9.17, 15) is 14.4 Å². The highest BCUT2D eigenvalue weighted by Gasteiger charge is 2.50. The summed E-state index contributed by atoms with van der Waals surface area (Å²) in [6, 6.07) is 0. The molecule has 0 aromatic carbocycles.